The lowest BCUT2D eigenvalue weighted by Crippen LogP contribution is -2.40. The summed E-state index contributed by atoms with van der Waals surface area (Å²) < 4.78 is 14.1. The van der Waals surface area contributed by atoms with Crippen molar-refractivity contribution in [3.05, 3.63) is 34.1 Å². The van der Waals surface area contributed by atoms with Crippen LogP contribution in [0.5, 0.6) is 0 Å². The number of hydrogen-bond acceptors (Lipinski definition) is 1. The van der Waals surface area contributed by atoms with E-state index >= 15 is 0 Å². The summed E-state index contributed by atoms with van der Waals surface area (Å²) >= 11 is 3.49. The molecule has 0 aromatic heterocycles. The first-order valence-electron chi connectivity index (χ1n) is 7.54. The molecule has 1 saturated carbocycles. The van der Waals surface area contributed by atoms with Crippen molar-refractivity contribution in [3.8, 4) is 0 Å². The van der Waals surface area contributed by atoms with Crippen molar-refractivity contribution in [1.82, 2.24) is 5.32 Å². The van der Waals surface area contributed by atoms with Crippen molar-refractivity contribution < 1.29 is 4.39 Å². The van der Waals surface area contributed by atoms with Crippen LogP contribution in [0, 0.1) is 17.7 Å². The van der Waals surface area contributed by atoms with Crippen LogP contribution in [0.1, 0.15) is 45.6 Å². The molecule has 2 rings (SSSR count). The van der Waals surface area contributed by atoms with Crippen molar-refractivity contribution in [2.24, 2.45) is 11.8 Å². The van der Waals surface area contributed by atoms with Gasteiger partial charge >= 0.3 is 0 Å². The monoisotopic (exact) mass is 341 g/mol. The molecule has 0 amide bonds. The van der Waals surface area contributed by atoms with Gasteiger partial charge in [-0.2, -0.15) is 0 Å². The SMILES string of the molecule is CC(C)(C)NCC1CCCC1Cc1ccc(F)cc1Br. The van der Waals surface area contributed by atoms with E-state index in [9.17, 15) is 4.39 Å². The highest BCUT2D eigenvalue weighted by molar-refractivity contribution is 9.10. The van der Waals surface area contributed by atoms with E-state index in [4.69, 9.17) is 0 Å². The standard InChI is InChI=1S/C17H25BrFN/c1-17(2,3)20-11-14-6-4-5-12(14)9-13-7-8-15(19)10-16(13)18/h7-8,10,12,14,20H,4-6,9,11H2,1-3H3. The fraction of sp³-hybridized carbons (Fsp3) is 0.647. The van der Waals surface area contributed by atoms with Crippen LogP contribution in [0.15, 0.2) is 22.7 Å². The molecule has 112 valence electrons. The molecule has 1 aromatic rings. The second-order valence-electron chi connectivity index (χ2n) is 7.02. The van der Waals surface area contributed by atoms with E-state index in [0.29, 0.717) is 5.92 Å². The van der Waals surface area contributed by atoms with Gasteiger partial charge in [0, 0.05) is 10.0 Å². The molecule has 1 aliphatic carbocycles. The first-order valence-corrected chi connectivity index (χ1v) is 8.33. The molecule has 0 spiro atoms. The maximum atomic E-state index is 13.1. The summed E-state index contributed by atoms with van der Waals surface area (Å²) in [6.45, 7) is 7.74. The van der Waals surface area contributed by atoms with Crippen molar-refractivity contribution in [1.29, 1.82) is 0 Å². The van der Waals surface area contributed by atoms with Gasteiger partial charge in [-0.05, 0) is 76.1 Å². The lowest BCUT2D eigenvalue weighted by atomic mass is 9.89. The summed E-state index contributed by atoms with van der Waals surface area (Å²) in [5.41, 5.74) is 1.42. The molecule has 20 heavy (non-hydrogen) atoms. The maximum Gasteiger partial charge on any atom is 0.124 e. The smallest absolute Gasteiger partial charge is 0.124 e. The van der Waals surface area contributed by atoms with Crippen LogP contribution in [-0.4, -0.2) is 12.1 Å². The third-order valence-electron chi connectivity index (χ3n) is 4.21. The van der Waals surface area contributed by atoms with Gasteiger partial charge in [0.2, 0.25) is 0 Å². The number of rotatable bonds is 4. The predicted octanol–water partition coefficient (Wildman–Crippen LogP) is 4.94. The van der Waals surface area contributed by atoms with E-state index in [1.54, 1.807) is 12.1 Å². The van der Waals surface area contributed by atoms with Gasteiger partial charge < -0.3 is 5.32 Å². The van der Waals surface area contributed by atoms with Gasteiger partial charge in [0.25, 0.3) is 0 Å². The van der Waals surface area contributed by atoms with Crippen LogP contribution in [0.25, 0.3) is 0 Å². The molecule has 1 nitrogen and oxygen atoms in total. The Morgan fingerprint density at radius 1 is 1.25 bits per heavy atom. The molecule has 2 unspecified atom stereocenters. The predicted molar refractivity (Wildman–Crippen MR) is 86.4 cm³/mol. The molecule has 1 aromatic carbocycles. The Labute approximate surface area is 130 Å². The van der Waals surface area contributed by atoms with E-state index in [-0.39, 0.29) is 11.4 Å². The molecular formula is C17H25BrFN. The zero-order chi connectivity index (χ0) is 14.8. The highest BCUT2D eigenvalue weighted by Crippen LogP contribution is 2.35. The van der Waals surface area contributed by atoms with Crippen LogP contribution in [0.4, 0.5) is 4.39 Å². The molecule has 1 fully saturated rings. The largest absolute Gasteiger partial charge is 0.312 e. The fourth-order valence-corrected chi connectivity index (χ4v) is 3.57. The zero-order valence-corrected chi connectivity index (χ0v) is 14.3. The van der Waals surface area contributed by atoms with E-state index in [1.165, 1.54) is 24.8 Å². The van der Waals surface area contributed by atoms with Gasteiger partial charge in [-0.25, -0.2) is 4.39 Å². The molecule has 0 aliphatic heterocycles. The van der Waals surface area contributed by atoms with Gasteiger partial charge in [0.1, 0.15) is 5.82 Å². The highest BCUT2D eigenvalue weighted by Gasteiger charge is 2.28. The molecule has 3 heteroatoms. The summed E-state index contributed by atoms with van der Waals surface area (Å²) in [5.74, 6) is 1.29. The minimum Gasteiger partial charge on any atom is -0.312 e. The molecule has 0 radical (unpaired) electrons. The number of hydrogen-bond donors (Lipinski definition) is 1. The Balaban J connectivity index is 1.97. The van der Waals surface area contributed by atoms with Crippen LogP contribution in [-0.2, 0) is 6.42 Å². The van der Waals surface area contributed by atoms with Crippen LogP contribution >= 0.6 is 15.9 Å². The summed E-state index contributed by atoms with van der Waals surface area (Å²) in [6.07, 6.45) is 4.98. The Kier molecular flexibility index (Phi) is 5.25. The minimum atomic E-state index is -0.169. The first kappa shape index (κ1) is 16.0. The first-order chi connectivity index (χ1) is 9.35. The van der Waals surface area contributed by atoms with Crippen LogP contribution in [0.2, 0.25) is 0 Å². The zero-order valence-electron chi connectivity index (χ0n) is 12.7. The molecule has 2 atom stereocenters. The van der Waals surface area contributed by atoms with Gasteiger partial charge in [0.15, 0.2) is 0 Å². The van der Waals surface area contributed by atoms with E-state index < -0.39 is 0 Å². The second kappa shape index (κ2) is 6.57. The topological polar surface area (TPSA) is 12.0 Å². The molecule has 0 saturated heterocycles. The van der Waals surface area contributed by atoms with Crippen LogP contribution < -0.4 is 5.32 Å². The Bertz CT molecular complexity index is 453. The minimum absolute atomic E-state index is 0.169. The highest BCUT2D eigenvalue weighted by atomic mass is 79.9. The average Bonchev–Trinajstić information content (AvgIpc) is 2.77. The lowest BCUT2D eigenvalue weighted by Gasteiger charge is -2.26. The third-order valence-corrected chi connectivity index (χ3v) is 4.95. The van der Waals surface area contributed by atoms with Gasteiger partial charge in [0.05, 0.1) is 0 Å². The molecule has 0 bridgehead atoms. The Morgan fingerprint density at radius 3 is 2.60 bits per heavy atom. The normalized spacial score (nSPS) is 23.2. The molecule has 1 aliphatic rings. The maximum absolute atomic E-state index is 13.1. The van der Waals surface area contributed by atoms with Crippen molar-refractivity contribution in [3.63, 3.8) is 0 Å². The summed E-state index contributed by atoms with van der Waals surface area (Å²) in [5, 5.41) is 3.63. The van der Waals surface area contributed by atoms with Crippen LogP contribution in [0.3, 0.4) is 0 Å². The van der Waals surface area contributed by atoms with Crippen molar-refractivity contribution >= 4 is 15.9 Å². The summed E-state index contributed by atoms with van der Waals surface area (Å²) in [4.78, 5) is 0. The second-order valence-corrected chi connectivity index (χ2v) is 7.88. The lowest BCUT2D eigenvalue weighted by molar-refractivity contribution is 0.317. The summed E-state index contributed by atoms with van der Waals surface area (Å²) in [7, 11) is 0. The molecule has 1 N–H and O–H groups in total. The van der Waals surface area contributed by atoms with E-state index in [2.05, 4.69) is 42.0 Å². The Morgan fingerprint density at radius 2 is 1.95 bits per heavy atom. The molecular weight excluding hydrogens is 317 g/mol. The number of halogens is 2. The average molecular weight is 342 g/mol. The molecule has 0 heterocycles. The van der Waals surface area contributed by atoms with Crippen molar-refractivity contribution in [2.45, 2.75) is 52.0 Å². The number of nitrogens with one attached hydrogen (secondary N) is 1. The van der Waals surface area contributed by atoms with E-state index in [0.717, 1.165) is 23.4 Å². The third kappa shape index (κ3) is 4.56. The number of benzene rings is 1. The summed E-state index contributed by atoms with van der Waals surface area (Å²) in [6, 6.07) is 5.07. The van der Waals surface area contributed by atoms with Gasteiger partial charge in [-0.1, -0.05) is 28.4 Å². The fourth-order valence-electron chi connectivity index (χ4n) is 3.06. The van der Waals surface area contributed by atoms with Gasteiger partial charge in [-0.15, -0.1) is 0 Å². The van der Waals surface area contributed by atoms with Crippen molar-refractivity contribution in [2.75, 3.05) is 6.54 Å². The van der Waals surface area contributed by atoms with Gasteiger partial charge in [-0.3, -0.25) is 0 Å². The quantitative estimate of drug-likeness (QED) is 0.818. The Hall–Kier alpha value is -0.410. The van der Waals surface area contributed by atoms with E-state index in [1.807, 2.05) is 6.07 Å².